The highest BCUT2D eigenvalue weighted by atomic mass is 32.2. The fourth-order valence-corrected chi connectivity index (χ4v) is 3.18. The third-order valence-corrected chi connectivity index (χ3v) is 4.25. The minimum atomic E-state index is -0.560. The van der Waals surface area contributed by atoms with Gasteiger partial charge < -0.3 is 5.11 Å². The third kappa shape index (κ3) is 3.40. The van der Waals surface area contributed by atoms with Crippen LogP contribution in [-0.4, -0.2) is 23.1 Å². The SMILES string of the molecule is CSCCCC1(C(=O)O)CCCC(C)C1. The lowest BCUT2D eigenvalue weighted by atomic mass is 9.68. The third-order valence-electron chi connectivity index (χ3n) is 3.55. The Morgan fingerprint density at radius 2 is 2.33 bits per heavy atom. The maximum Gasteiger partial charge on any atom is 0.309 e. The Bertz CT molecular complexity index is 218. The van der Waals surface area contributed by atoms with Crippen LogP contribution in [0.3, 0.4) is 0 Å². The molecular weight excluding hydrogens is 208 g/mol. The number of hydrogen-bond acceptors (Lipinski definition) is 2. The number of rotatable bonds is 5. The Hall–Kier alpha value is -0.180. The summed E-state index contributed by atoms with van der Waals surface area (Å²) in [6.07, 6.45) is 8.06. The second-order valence-electron chi connectivity index (χ2n) is 4.88. The van der Waals surface area contributed by atoms with E-state index in [2.05, 4.69) is 13.2 Å². The van der Waals surface area contributed by atoms with E-state index in [1.54, 1.807) is 0 Å². The van der Waals surface area contributed by atoms with Crippen LogP contribution in [-0.2, 0) is 4.79 Å². The summed E-state index contributed by atoms with van der Waals surface area (Å²) in [4.78, 5) is 11.4. The molecule has 0 amide bonds. The number of thioether (sulfide) groups is 1. The molecule has 1 saturated carbocycles. The van der Waals surface area contributed by atoms with E-state index in [4.69, 9.17) is 0 Å². The molecule has 0 saturated heterocycles. The van der Waals surface area contributed by atoms with Gasteiger partial charge in [0.25, 0.3) is 0 Å². The fraction of sp³-hybridized carbons (Fsp3) is 0.917. The molecule has 88 valence electrons. The maximum absolute atomic E-state index is 11.4. The van der Waals surface area contributed by atoms with Gasteiger partial charge >= 0.3 is 5.97 Å². The molecule has 0 bridgehead atoms. The maximum atomic E-state index is 11.4. The summed E-state index contributed by atoms with van der Waals surface area (Å²) in [5.41, 5.74) is -0.395. The smallest absolute Gasteiger partial charge is 0.309 e. The van der Waals surface area contributed by atoms with Gasteiger partial charge in [-0.15, -0.1) is 0 Å². The molecule has 1 rings (SSSR count). The van der Waals surface area contributed by atoms with Crippen molar-refractivity contribution in [1.82, 2.24) is 0 Å². The van der Waals surface area contributed by atoms with Crippen molar-refractivity contribution in [1.29, 1.82) is 0 Å². The Morgan fingerprint density at radius 3 is 2.87 bits per heavy atom. The van der Waals surface area contributed by atoms with Crippen LogP contribution in [0.4, 0.5) is 0 Å². The molecule has 0 aromatic rings. The van der Waals surface area contributed by atoms with Gasteiger partial charge in [-0.25, -0.2) is 0 Å². The number of carbonyl (C=O) groups is 1. The van der Waals surface area contributed by atoms with E-state index in [9.17, 15) is 9.90 Å². The largest absolute Gasteiger partial charge is 0.481 e. The second-order valence-corrected chi connectivity index (χ2v) is 5.87. The van der Waals surface area contributed by atoms with Crippen LogP contribution in [0.5, 0.6) is 0 Å². The van der Waals surface area contributed by atoms with Crippen molar-refractivity contribution in [2.24, 2.45) is 11.3 Å². The summed E-state index contributed by atoms with van der Waals surface area (Å²) >= 11 is 1.81. The zero-order valence-corrected chi connectivity index (χ0v) is 10.6. The first-order chi connectivity index (χ1) is 7.10. The van der Waals surface area contributed by atoms with Crippen molar-refractivity contribution >= 4 is 17.7 Å². The average Bonchev–Trinajstić information content (AvgIpc) is 2.18. The first-order valence-corrected chi connectivity index (χ1v) is 7.22. The van der Waals surface area contributed by atoms with Crippen LogP contribution in [0, 0.1) is 11.3 Å². The predicted octanol–water partition coefficient (Wildman–Crippen LogP) is 3.41. The molecule has 0 aliphatic heterocycles. The zero-order chi connectivity index (χ0) is 11.3. The Balaban J connectivity index is 2.57. The normalized spacial score (nSPS) is 31.5. The monoisotopic (exact) mass is 230 g/mol. The minimum absolute atomic E-state index is 0.395. The van der Waals surface area contributed by atoms with Crippen molar-refractivity contribution in [2.75, 3.05) is 12.0 Å². The van der Waals surface area contributed by atoms with Crippen LogP contribution in [0.15, 0.2) is 0 Å². The molecule has 0 radical (unpaired) electrons. The number of carboxylic acid groups (broad SMARTS) is 1. The molecule has 0 aromatic carbocycles. The molecule has 15 heavy (non-hydrogen) atoms. The minimum Gasteiger partial charge on any atom is -0.481 e. The van der Waals surface area contributed by atoms with Gasteiger partial charge in [0.05, 0.1) is 5.41 Å². The second kappa shape index (κ2) is 5.78. The zero-order valence-electron chi connectivity index (χ0n) is 9.79. The molecule has 0 heterocycles. The van der Waals surface area contributed by atoms with Crippen molar-refractivity contribution in [3.8, 4) is 0 Å². The Kier molecular flexibility index (Phi) is 4.97. The molecule has 3 heteroatoms. The molecule has 1 N–H and O–H groups in total. The molecule has 1 aliphatic rings. The first-order valence-electron chi connectivity index (χ1n) is 5.83. The number of aliphatic carboxylic acids is 1. The van der Waals surface area contributed by atoms with Crippen molar-refractivity contribution in [3.63, 3.8) is 0 Å². The van der Waals surface area contributed by atoms with Gasteiger partial charge in [-0.1, -0.05) is 19.8 Å². The summed E-state index contributed by atoms with van der Waals surface area (Å²) in [7, 11) is 0. The highest BCUT2D eigenvalue weighted by Crippen LogP contribution is 2.43. The average molecular weight is 230 g/mol. The quantitative estimate of drug-likeness (QED) is 0.735. The van der Waals surface area contributed by atoms with Gasteiger partial charge in [0, 0.05) is 0 Å². The van der Waals surface area contributed by atoms with Gasteiger partial charge in [0.1, 0.15) is 0 Å². The lowest BCUT2D eigenvalue weighted by Gasteiger charge is -2.36. The van der Waals surface area contributed by atoms with E-state index in [1.807, 2.05) is 11.8 Å². The van der Waals surface area contributed by atoms with Crippen molar-refractivity contribution in [3.05, 3.63) is 0 Å². The van der Waals surface area contributed by atoms with E-state index in [0.717, 1.165) is 37.9 Å². The summed E-state index contributed by atoms with van der Waals surface area (Å²) in [5, 5.41) is 9.40. The summed E-state index contributed by atoms with van der Waals surface area (Å²) in [5.74, 6) is 1.11. The first kappa shape index (κ1) is 12.9. The lowest BCUT2D eigenvalue weighted by molar-refractivity contribution is -0.152. The molecule has 1 aliphatic carbocycles. The predicted molar refractivity (Wildman–Crippen MR) is 65.3 cm³/mol. The standard InChI is InChI=1S/C12H22O2S/c1-10-5-3-6-12(9-10,11(13)14)7-4-8-15-2/h10H,3-9H2,1-2H3,(H,13,14). The topological polar surface area (TPSA) is 37.3 Å². The van der Waals surface area contributed by atoms with Gasteiger partial charge in [-0.05, 0) is 43.6 Å². The lowest BCUT2D eigenvalue weighted by Crippen LogP contribution is -2.36. The van der Waals surface area contributed by atoms with Crippen LogP contribution in [0.2, 0.25) is 0 Å². The van der Waals surface area contributed by atoms with E-state index in [1.165, 1.54) is 6.42 Å². The van der Waals surface area contributed by atoms with Gasteiger partial charge in [-0.3, -0.25) is 4.79 Å². The van der Waals surface area contributed by atoms with E-state index < -0.39 is 11.4 Å². The fourth-order valence-electron chi connectivity index (χ4n) is 2.74. The summed E-state index contributed by atoms with van der Waals surface area (Å²) < 4.78 is 0. The molecule has 0 aromatic heterocycles. The molecule has 2 unspecified atom stereocenters. The Labute approximate surface area is 96.8 Å². The van der Waals surface area contributed by atoms with Gasteiger partial charge in [0.15, 0.2) is 0 Å². The number of carboxylic acids is 1. The number of hydrogen-bond donors (Lipinski definition) is 1. The van der Waals surface area contributed by atoms with Gasteiger partial charge in [0.2, 0.25) is 0 Å². The van der Waals surface area contributed by atoms with E-state index >= 15 is 0 Å². The molecular formula is C12H22O2S. The highest BCUT2D eigenvalue weighted by Gasteiger charge is 2.40. The van der Waals surface area contributed by atoms with Crippen LogP contribution >= 0.6 is 11.8 Å². The summed E-state index contributed by atoms with van der Waals surface area (Å²) in [6, 6.07) is 0. The van der Waals surface area contributed by atoms with Crippen LogP contribution in [0.25, 0.3) is 0 Å². The highest BCUT2D eigenvalue weighted by molar-refractivity contribution is 7.98. The van der Waals surface area contributed by atoms with Crippen LogP contribution in [0.1, 0.15) is 45.4 Å². The van der Waals surface area contributed by atoms with Crippen LogP contribution < -0.4 is 0 Å². The Morgan fingerprint density at radius 1 is 1.60 bits per heavy atom. The van der Waals surface area contributed by atoms with Gasteiger partial charge in [-0.2, -0.15) is 11.8 Å². The molecule has 2 nitrogen and oxygen atoms in total. The van der Waals surface area contributed by atoms with Crippen molar-refractivity contribution in [2.45, 2.75) is 45.4 Å². The summed E-state index contributed by atoms with van der Waals surface area (Å²) in [6.45, 7) is 2.19. The van der Waals surface area contributed by atoms with Crippen molar-refractivity contribution < 1.29 is 9.90 Å². The van der Waals surface area contributed by atoms with E-state index in [0.29, 0.717) is 5.92 Å². The molecule has 2 atom stereocenters. The molecule has 0 spiro atoms. The van der Waals surface area contributed by atoms with E-state index in [-0.39, 0.29) is 0 Å². The molecule has 1 fully saturated rings.